The molecule has 0 atom stereocenters. The average Bonchev–Trinajstić information content (AvgIpc) is 3.26. The van der Waals surface area contributed by atoms with E-state index in [-0.39, 0.29) is 36.3 Å². The highest BCUT2D eigenvalue weighted by Gasteiger charge is 2.34. The molecule has 0 spiro atoms. The van der Waals surface area contributed by atoms with Gasteiger partial charge in [-0.05, 0) is 70.1 Å². The van der Waals surface area contributed by atoms with Crippen molar-refractivity contribution >= 4 is 66.6 Å². The highest BCUT2D eigenvalue weighted by atomic mass is 16.5. The highest BCUT2D eigenvalue weighted by molar-refractivity contribution is 6.43. The van der Waals surface area contributed by atoms with Gasteiger partial charge in [-0.25, -0.2) is 0 Å². The predicted octanol–water partition coefficient (Wildman–Crippen LogP) is 14.3. The lowest BCUT2D eigenvalue weighted by Gasteiger charge is -2.27. The highest BCUT2D eigenvalue weighted by Crippen LogP contribution is 2.55. The zero-order chi connectivity index (χ0) is 41.3. The van der Waals surface area contributed by atoms with E-state index in [9.17, 15) is 19.2 Å². The third-order valence-electron chi connectivity index (χ3n) is 12.9. The number of ketones is 2. The molecule has 0 saturated carbocycles. The number of ether oxygens (including phenoxy) is 2. The van der Waals surface area contributed by atoms with E-state index in [0.717, 1.165) is 106 Å². The summed E-state index contributed by atoms with van der Waals surface area (Å²) in [5.74, 6) is -0.103. The molecule has 2 aliphatic carbocycles. The second kappa shape index (κ2) is 17.0. The number of carbonyl (C=O) groups is 4. The Bertz CT molecular complexity index is 2630. The summed E-state index contributed by atoms with van der Waals surface area (Å²) >= 11 is 0. The Kier molecular flexibility index (Phi) is 11.2. The zero-order valence-electron chi connectivity index (χ0n) is 34.8. The molecule has 0 saturated heterocycles. The molecule has 0 radical (unpaired) electrons. The lowest BCUT2D eigenvalue weighted by atomic mass is 9.76. The number of carbonyl (C=O) groups excluding carboxylic acids is 4. The summed E-state index contributed by atoms with van der Waals surface area (Å²) in [6.07, 6.45) is 15.6. The minimum Gasteiger partial charge on any atom is -0.426 e. The second-order valence-corrected chi connectivity index (χ2v) is 16.9. The first-order valence-corrected chi connectivity index (χ1v) is 22.4. The van der Waals surface area contributed by atoms with Gasteiger partial charge in [-0.2, -0.15) is 0 Å². The second-order valence-electron chi connectivity index (χ2n) is 16.9. The largest absolute Gasteiger partial charge is 0.426 e. The molecule has 0 aromatic heterocycles. The smallest absolute Gasteiger partial charge is 0.311 e. The molecular formula is C54H52O6. The van der Waals surface area contributed by atoms with Crippen LogP contribution in [0.1, 0.15) is 148 Å². The van der Waals surface area contributed by atoms with Crippen LogP contribution in [0.2, 0.25) is 0 Å². The number of hydrogen-bond acceptors (Lipinski definition) is 6. The molecule has 9 rings (SSSR count). The SMILES string of the molecule is CCCCCCCCCC(=O)Oc1cc2c3c(ccc4c5ccc6c7c(cc(OC(=O)CCCCCCCCC)c(c1c34)c75)-c1ccccc1C6=O)C(=O)c1ccccc1-2. The lowest BCUT2D eigenvalue weighted by molar-refractivity contribution is -0.135. The maximum Gasteiger partial charge on any atom is 0.311 e. The Hall–Kier alpha value is -5.88. The minimum atomic E-state index is -0.334. The van der Waals surface area contributed by atoms with E-state index >= 15 is 0 Å². The molecule has 304 valence electrons. The van der Waals surface area contributed by atoms with Gasteiger partial charge in [0.2, 0.25) is 0 Å². The van der Waals surface area contributed by atoms with Gasteiger partial charge in [-0.15, -0.1) is 0 Å². The van der Waals surface area contributed by atoms with Crippen molar-refractivity contribution in [3.05, 3.63) is 107 Å². The molecule has 6 heteroatoms. The van der Waals surface area contributed by atoms with E-state index < -0.39 is 0 Å². The monoisotopic (exact) mass is 796 g/mol. The predicted molar refractivity (Wildman–Crippen MR) is 242 cm³/mol. The van der Waals surface area contributed by atoms with Crippen molar-refractivity contribution in [2.45, 2.75) is 117 Å². The number of unbranched alkanes of at least 4 members (excludes halogenated alkanes) is 12. The molecule has 0 heterocycles. The van der Waals surface area contributed by atoms with Crippen molar-refractivity contribution < 1.29 is 28.7 Å². The Morgan fingerprint density at radius 2 is 0.750 bits per heavy atom. The molecule has 60 heavy (non-hydrogen) atoms. The Morgan fingerprint density at radius 3 is 1.15 bits per heavy atom. The molecule has 0 N–H and O–H groups in total. The van der Waals surface area contributed by atoms with Gasteiger partial charge in [0.1, 0.15) is 11.5 Å². The van der Waals surface area contributed by atoms with Crippen molar-refractivity contribution in [3.63, 3.8) is 0 Å². The molecule has 0 bridgehead atoms. The first-order chi connectivity index (χ1) is 29.4. The summed E-state index contributed by atoms with van der Waals surface area (Å²) in [6, 6.07) is 26.8. The van der Waals surface area contributed by atoms with Gasteiger partial charge >= 0.3 is 11.9 Å². The standard InChI is InChI=1S/C54H52O6/c1-3-5-7-9-11-13-15-25-45(55)59-43-31-41-33-21-17-19-23-37(33)53(57)39-29-27-35-36-28-30-40-48-42(34-22-18-20-24-38(34)54(40)58)32-44(52(50(36)48)51(43)49(35)47(39)41)60-46(56)26-16-14-12-10-8-6-4-2/h17-24,27-32H,3-16,25-26H2,1-2H3. The van der Waals surface area contributed by atoms with Gasteiger partial charge < -0.3 is 9.47 Å². The first kappa shape index (κ1) is 39.6. The van der Waals surface area contributed by atoms with Gasteiger partial charge in [0.15, 0.2) is 11.6 Å². The third-order valence-corrected chi connectivity index (χ3v) is 12.9. The van der Waals surface area contributed by atoms with Crippen LogP contribution in [0.5, 0.6) is 11.5 Å². The molecule has 0 aliphatic heterocycles. The Balaban J connectivity index is 1.26. The summed E-state index contributed by atoms with van der Waals surface area (Å²) in [6.45, 7) is 4.41. The number of hydrogen-bond donors (Lipinski definition) is 0. The van der Waals surface area contributed by atoms with Gasteiger partial charge in [0.05, 0.1) is 0 Å². The van der Waals surface area contributed by atoms with Gasteiger partial charge in [-0.1, -0.05) is 152 Å². The molecule has 6 nitrogen and oxygen atoms in total. The van der Waals surface area contributed by atoms with Gasteiger partial charge in [0.25, 0.3) is 0 Å². The maximum absolute atomic E-state index is 14.3. The van der Waals surface area contributed by atoms with Crippen LogP contribution >= 0.6 is 0 Å². The summed E-state index contributed by atoms with van der Waals surface area (Å²) < 4.78 is 13.0. The molecule has 0 unspecified atom stereocenters. The Labute approximate surface area is 351 Å². The number of fused-ring (bicyclic) bond motifs is 6. The number of esters is 2. The third kappa shape index (κ3) is 6.94. The summed E-state index contributed by atoms with van der Waals surface area (Å²) in [7, 11) is 0. The van der Waals surface area contributed by atoms with Crippen LogP contribution in [-0.2, 0) is 9.59 Å². The van der Waals surface area contributed by atoms with E-state index in [1.807, 2.05) is 84.9 Å². The number of benzene rings is 7. The van der Waals surface area contributed by atoms with Gasteiger partial charge in [-0.3, -0.25) is 19.2 Å². The summed E-state index contributed by atoms with van der Waals surface area (Å²) in [5.41, 5.74) is 5.52. The lowest BCUT2D eigenvalue weighted by Crippen LogP contribution is -2.14. The van der Waals surface area contributed by atoms with E-state index in [1.165, 1.54) is 38.5 Å². The van der Waals surface area contributed by atoms with E-state index in [0.29, 0.717) is 44.5 Å². The van der Waals surface area contributed by atoms with Crippen molar-refractivity contribution in [2.75, 3.05) is 0 Å². The van der Waals surface area contributed by atoms with Crippen molar-refractivity contribution in [1.82, 2.24) is 0 Å². The minimum absolute atomic E-state index is 0.0705. The fraction of sp³-hybridized carbons (Fsp3) is 0.333. The average molecular weight is 797 g/mol. The summed E-state index contributed by atoms with van der Waals surface area (Å²) in [4.78, 5) is 56.4. The molecule has 0 fully saturated rings. The van der Waals surface area contributed by atoms with Crippen LogP contribution in [0.3, 0.4) is 0 Å². The topological polar surface area (TPSA) is 86.7 Å². The first-order valence-electron chi connectivity index (χ1n) is 22.4. The van der Waals surface area contributed by atoms with E-state index in [1.54, 1.807) is 0 Å². The fourth-order valence-electron chi connectivity index (χ4n) is 9.91. The molecular weight excluding hydrogens is 745 g/mol. The van der Waals surface area contributed by atoms with Crippen molar-refractivity contribution in [2.24, 2.45) is 0 Å². The van der Waals surface area contributed by atoms with Crippen LogP contribution in [0.25, 0.3) is 65.3 Å². The normalized spacial score (nSPS) is 12.8. The maximum atomic E-state index is 14.3. The van der Waals surface area contributed by atoms with Crippen LogP contribution in [0.4, 0.5) is 0 Å². The number of rotatable bonds is 18. The molecule has 2 aliphatic rings. The summed E-state index contributed by atoms with van der Waals surface area (Å²) in [5, 5.41) is 6.04. The fourth-order valence-corrected chi connectivity index (χ4v) is 9.91. The van der Waals surface area contributed by atoms with Crippen LogP contribution < -0.4 is 9.47 Å². The van der Waals surface area contributed by atoms with E-state index in [4.69, 9.17) is 9.47 Å². The van der Waals surface area contributed by atoms with Crippen LogP contribution in [0.15, 0.2) is 84.9 Å². The van der Waals surface area contributed by atoms with E-state index in [2.05, 4.69) is 13.8 Å². The van der Waals surface area contributed by atoms with Crippen LogP contribution in [-0.4, -0.2) is 23.5 Å². The van der Waals surface area contributed by atoms with Crippen molar-refractivity contribution in [1.29, 1.82) is 0 Å². The van der Waals surface area contributed by atoms with Gasteiger partial charge in [0, 0.05) is 67.4 Å². The Morgan fingerprint density at radius 1 is 0.383 bits per heavy atom. The molecule has 7 aromatic carbocycles. The molecule has 0 amide bonds. The quantitative estimate of drug-likeness (QED) is 0.0282. The zero-order valence-corrected chi connectivity index (χ0v) is 34.8. The van der Waals surface area contributed by atoms with Crippen LogP contribution in [0, 0.1) is 0 Å². The van der Waals surface area contributed by atoms with Crippen molar-refractivity contribution in [3.8, 4) is 33.8 Å². The molecule has 7 aromatic rings.